The summed E-state index contributed by atoms with van der Waals surface area (Å²) >= 11 is 0. The van der Waals surface area contributed by atoms with Crippen molar-refractivity contribution in [2.75, 3.05) is 18.8 Å². The molecule has 0 spiro atoms. The van der Waals surface area contributed by atoms with Crippen LogP contribution >= 0.6 is 0 Å². The first-order valence-corrected chi connectivity index (χ1v) is 7.80. The molecule has 1 aliphatic rings. The number of benzene rings is 1. The maximum Gasteiger partial charge on any atom is 0.243 e. The predicted molar refractivity (Wildman–Crippen MR) is 74.1 cm³/mol. The normalized spacial score (nSPS) is 22.6. The van der Waals surface area contributed by atoms with Crippen LogP contribution in [0.1, 0.15) is 18.9 Å². The minimum atomic E-state index is -3.50. The van der Waals surface area contributed by atoms with E-state index in [9.17, 15) is 13.5 Å². The Morgan fingerprint density at radius 1 is 1.47 bits per heavy atom. The van der Waals surface area contributed by atoms with Crippen molar-refractivity contribution >= 4 is 15.7 Å². The molecule has 2 atom stereocenters. The van der Waals surface area contributed by atoms with Crippen molar-refractivity contribution < 1.29 is 13.5 Å². The number of hydrogen-bond donors (Lipinski definition) is 2. The Bertz CT molecular complexity index is 569. The maximum absolute atomic E-state index is 12.5. The SMILES string of the molecule is Cc1ccc(S(=O)(=O)N2CCC(C(C)O)C2)cc1N. The van der Waals surface area contributed by atoms with Crippen LogP contribution in [0.25, 0.3) is 0 Å². The molecule has 0 amide bonds. The van der Waals surface area contributed by atoms with Gasteiger partial charge in [-0.25, -0.2) is 8.42 Å². The number of aliphatic hydroxyl groups excluding tert-OH is 1. The lowest BCUT2D eigenvalue weighted by Gasteiger charge is -2.18. The molecule has 1 heterocycles. The highest BCUT2D eigenvalue weighted by Gasteiger charge is 2.34. The summed E-state index contributed by atoms with van der Waals surface area (Å²) in [6.45, 7) is 4.36. The molecule has 1 aromatic carbocycles. The van der Waals surface area contributed by atoms with Gasteiger partial charge in [-0.1, -0.05) is 6.07 Å². The van der Waals surface area contributed by atoms with Crippen molar-refractivity contribution in [3.05, 3.63) is 23.8 Å². The highest BCUT2D eigenvalue weighted by Crippen LogP contribution is 2.27. The Labute approximate surface area is 114 Å². The fourth-order valence-electron chi connectivity index (χ4n) is 2.29. The summed E-state index contributed by atoms with van der Waals surface area (Å²) in [4.78, 5) is 0.224. The molecule has 3 N–H and O–H groups in total. The van der Waals surface area contributed by atoms with Crippen LogP contribution in [0, 0.1) is 12.8 Å². The molecule has 106 valence electrons. The molecule has 0 saturated carbocycles. The number of aryl methyl sites for hydroxylation is 1. The van der Waals surface area contributed by atoms with Crippen molar-refractivity contribution in [3.63, 3.8) is 0 Å². The highest BCUT2D eigenvalue weighted by atomic mass is 32.2. The fourth-order valence-corrected chi connectivity index (χ4v) is 3.84. The van der Waals surface area contributed by atoms with Gasteiger partial charge in [0.15, 0.2) is 0 Å². The number of nitrogen functional groups attached to an aromatic ring is 1. The third kappa shape index (κ3) is 2.75. The van der Waals surface area contributed by atoms with Gasteiger partial charge in [0.1, 0.15) is 0 Å². The minimum absolute atomic E-state index is 0.0116. The molecule has 1 aliphatic heterocycles. The number of hydrogen-bond acceptors (Lipinski definition) is 4. The molecule has 1 saturated heterocycles. The number of anilines is 1. The Kier molecular flexibility index (Phi) is 3.85. The van der Waals surface area contributed by atoms with Crippen LogP contribution in [-0.2, 0) is 10.0 Å². The van der Waals surface area contributed by atoms with E-state index in [-0.39, 0.29) is 10.8 Å². The third-order valence-electron chi connectivity index (χ3n) is 3.76. The lowest BCUT2D eigenvalue weighted by atomic mass is 10.0. The van der Waals surface area contributed by atoms with Crippen molar-refractivity contribution in [1.29, 1.82) is 0 Å². The van der Waals surface area contributed by atoms with Crippen molar-refractivity contribution in [2.45, 2.75) is 31.3 Å². The molecule has 0 aliphatic carbocycles. The average molecular weight is 284 g/mol. The molecule has 2 unspecified atom stereocenters. The lowest BCUT2D eigenvalue weighted by molar-refractivity contribution is 0.133. The summed E-state index contributed by atoms with van der Waals surface area (Å²) in [6.07, 6.45) is 0.210. The largest absolute Gasteiger partial charge is 0.398 e. The standard InChI is InChI=1S/C13H20N2O3S/c1-9-3-4-12(7-13(9)14)19(17,18)15-6-5-11(8-15)10(2)16/h3-4,7,10-11,16H,5-6,8,14H2,1-2H3. The minimum Gasteiger partial charge on any atom is -0.398 e. The number of nitrogens with two attached hydrogens (primary N) is 1. The summed E-state index contributed by atoms with van der Waals surface area (Å²) in [6, 6.07) is 4.79. The molecule has 5 nitrogen and oxygen atoms in total. The van der Waals surface area contributed by atoms with Gasteiger partial charge in [0, 0.05) is 18.8 Å². The number of aliphatic hydroxyl groups is 1. The Balaban J connectivity index is 2.26. The first-order valence-electron chi connectivity index (χ1n) is 6.36. The van der Waals surface area contributed by atoms with Crippen LogP contribution in [-0.4, -0.2) is 37.0 Å². The summed E-state index contributed by atoms with van der Waals surface area (Å²) in [5.41, 5.74) is 7.11. The third-order valence-corrected chi connectivity index (χ3v) is 5.62. The van der Waals surface area contributed by atoms with Gasteiger partial charge >= 0.3 is 0 Å². The van der Waals surface area contributed by atoms with Crippen LogP contribution in [0.2, 0.25) is 0 Å². The van der Waals surface area contributed by atoms with Gasteiger partial charge in [0.25, 0.3) is 0 Å². The first-order chi connectivity index (χ1) is 8.82. The second-order valence-electron chi connectivity index (χ2n) is 5.17. The lowest BCUT2D eigenvalue weighted by Crippen LogP contribution is -2.30. The van der Waals surface area contributed by atoms with Crippen molar-refractivity contribution in [2.24, 2.45) is 5.92 Å². The zero-order valence-electron chi connectivity index (χ0n) is 11.2. The van der Waals surface area contributed by atoms with E-state index in [1.165, 1.54) is 10.4 Å². The second-order valence-corrected chi connectivity index (χ2v) is 7.11. The van der Waals surface area contributed by atoms with E-state index in [0.717, 1.165) is 5.56 Å². The van der Waals surface area contributed by atoms with Crippen LogP contribution in [0.5, 0.6) is 0 Å². The van der Waals surface area contributed by atoms with Crippen molar-refractivity contribution in [1.82, 2.24) is 4.31 Å². The number of rotatable bonds is 3. The molecule has 0 bridgehead atoms. The predicted octanol–water partition coefficient (Wildman–Crippen LogP) is 0.969. The summed E-state index contributed by atoms with van der Waals surface area (Å²) < 4.78 is 26.3. The smallest absolute Gasteiger partial charge is 0.243 e. The van der Waals surface area contributed by atoms with Gasteiger partial charge in [0.2, 0.25) is 10.0 Å². The van der Waals surface area contributed by atoms with Gasteiger partial charge in [-0.2, -0.15) is 4.31 Å². The van der Waals surface area contributed by atoms with E-state index in [0.29, 0.717) is 25.2 Å². The molecule has 19 heavy (non-hydrogen) atoms. The summed E-state index contributed by atoms with van der Waals surface area (Å²) in [7, 11) is -3.50. The van der Waals surface area contributed by atoms with E-state index < -0.39 is 16.1 Å². The summed E-state index contributed by atoms with van der Waals surface area (Å²) in [5, 5.41) is 9.55. The molecular weight excluding hydrogens is 264 g/mol. The van der Waals surface area contributed by atoms with E-state index in [2.05, 4.69) is 0 Å². The molecule has 1 aromatic rings. The van der Waals surface area contributed by atoms with Gasteiger partial charge < -0.3 is 10.8 Å². The van der Waals surface area contributed by atoms with E-state index in [1.54, 1.807) is 19.1 Å². The average Bonchev–Trinajstić information content (AvgIpc) is 2.82. The Hall–Kier alpha value is -1.11. The molecule has 2 rings (SSSR count). The molecular formula is C13H20N2O3S. The second kappa shape index (κ2) is 5.11. The topological polar surface area (TPSA) is 83.6 Å². The number of nitrogens with zero attached hydrogens (tertiary/aromatic N) is 1. The van der Waals surface area contributed by atoms with E-state index in [1.807, 2.05) is 6.92 Å². The van der Waals surface area contributed by atoms with E-state index in [4.69, 9.17) is 5.73 Å². The first kappa shape index (κ1) is 14.3. The highest BCUT2D eigenvalue weighted by molar-refractivity contribution is 7.89. The quantitative estimate of drug-likeness (QED) is 0.810. The van der Waals surface area contributed by atoms with Gasteiger partial charge in [-0.15, -0.1) is 0 Å². The number of sulfonamides is 1. The van der Waals surface area contributed by atoms with Crippen LogP contribution in [0.15, 0.2) is 23.1 Å². The van der Waals surface area contributed by atoms with Crippen LogP contribution in [0.3, 0.4) is 0 Å². The summed E-state index contributed by atoms with van der Waals surface area (Å²) in [5.74, 6) is 0.0116. The molecule has 6 heteroatoms. The molecule has 0 radical (unpaired) electrons. The maximum atomic E-state index is 12.5. The zero-order valence-corrected chi connectivity index (χ0v) is 12.0. The molecule has 1 fully saturated rings. The van der Waals surface area contributed by atoms with Crippen LogP contribution in [0.4, 0.5) is 5.69 Å². The Morgan fingerprint density at radius 3 is 2.68 bits per heavy atom. The van der Waals surface area contributed by atoms with Gasteiger partial charge in [-0.3, -0.25) is 0 Å². The van der Waals surface area contributed by atoms with Gasteiger partial charge in [0.05, 0.1) is 11.0 Å². The van der Waals surface area contributed by atoms with Gasteiger partial charge in [-0.05, 0) is 43.9 Å². The Morgan fingerprint density at radius 2 is 2.16 bits per heavy atom. The molecule has 0 aromatic heterocycles. The van der Waals surface area contributed by atoms with E-state index >= 15 is 0 Å². The van der Waals surface area contributed by atoms with Crippen molar-refractivity contribution in [3.8, 4) is 0 Å². The monoisotopic (exact) mass is 284 g/mol. The zero-order chi connectivity index (χ0) is 14.2. The van der Waals surface area contributed by atoms with Crippen LogP contribution < -0.4 is 5.73 Å². The fraction of sp³-hybridized carbons (Fsp3) is 0.538.